The number of nitrogens with one attached hydrogen (secondary N) is 1. The quantitative estimate of drug-likeness (QED) is 0.415. The maximum atomic E-state index is 13.1. The molecule has 0 fully saturated rings. The molecule has 1 N–H and O–H groups in total. The summed E-state index contributed by atoms with van der Waals surface area (Å²) in [4.78, 5) is 26.7. The Labute approximate surface area is 203 Å². The zero-order chi connectivity index (χ0) is 24.6. The number of fused-ring (bicyclic) bond motifs is 3. The lowest BCUT2D eigenvalue weighted by molar-refractivity contribution is 0.0515. The molecular formula is C28H38N2O4. The lowest BCUT2D eigenvalue weighted by Crippen LogP contribution is -2.41. The van der Waals surface area contributed by atoms with Gasteiger partial charge in [0.2, 0.25) is 0 Å². The molecule has 0 spiro atoms. The number of hydrogen-bond acceptors (Lipinski definition) is 4. The van der Waals surface area contributed by atoms with Crippen LogP contribution in [0.1, 0.15) is 70.4 Å². The molecule has 2 aromatic rings. The molecule has 6 heteroatoms. The minimum absolute atomic E-state index is 0.0261. The molecule has 1 aliphatic carbocycles. The van der Waals surface area contributed by atoms with Crippen LogP contribution in [0, 0.1) is 0 Å². The molecule has 0 heterocycles. The average molecular weight is 467 g/mol. The van der Waals surface area contributed by atoms with Crippen molar-refractivity contribution in [1.29, 1.82) is 0 Å². The molecule has 34 heavy (non-hydrogen) atoms. The first-order chi connectivity index (χ1) is 16.3. The summed E-state index contributed by atoms with van der Waals surface area (Å²) < 4.78 is 11.1. The SMILES string of the molecule is CCCCCCN(CCNC(=O)OC(C)(C)C)C(=O)OCC1c2ccccc2-c2ccccc21. The Morgan fingerprint density at radius 3 is 2.12 bits per heavy atom. The van der Waals surface area contributed by atoms with Gasteiger partial charge in [0, 0.05) is 25.6 Å². The van der Waals surface area contributed by atoms with Crippen molar-refractivity contribution in [2.75, 3.05) is 26.2 Å². The van der Waals surface area contributed by atoms with E-state index < -0.39 is 11.7 Å². The van der Waals surface area contributed by atoms with Gasteiger partial charge in [0.05, 0.1) is 0 Å². The van der Waals surface area contributed by atoms with Crippen LogP contribution in [0.5, 0.6) is 0 Å². The van der Waals surface area contributed by atoms with E-state index in [0.717, 1.165) is 25.7 Å². The molecular weight excluding hydrogens is 428 g/mol. The predicted molar refractivity (Wildman–Crippen MR) is 135 cm³/mol. The van der Waals surface area contributed by atoms with Gasteiger partial charge in [-0.05, 0) is 49.4 Å². The average Bonchev–Trinajstić information content (AvgIpc) is 3.11. The fourth-order valence-electron chi connectivity index (χ4n) is 4.32. The third-order valence-corrected chi connectivity index (χ3v) is 5.93. The van der Waals surface area contributed by atoms with Gasteiger partial charge < -0.3 is 19.7 Å². The molecule has 2 aromatic carbocycles. The Hall–Kier alpha value is -3.02. The number of amides is 2. The van der Waals surface area contributed by atoms with Gasteiger partial charge in [-0.2, -0.15) is 0 Å². The Morgan fingerprint density at radius 2 is 1.53 bits per heavy atom. The van der Waals surface area contributed by atoms with E-state index >= 15 is 0 Å². The second-order valence-electron chi connectivity index (χ2n) is 9.78. The summed E-state index contributed by atoms with van der Waals surface area (Å²) in [7, 11) is 0. The van der Waals surface area contributed by atoms with E-state index in [2.05, 4.69) is 36.5 Å². The van der Waals surface area contributed by atoms with Crippen LogP contribution in [0.25, 0.3) is 11.1 Å². The normalized spacial score (nSPS) is 12.6. The highest BCUT2D eigenvalue weighted by atomic mass is 16.6. The maximum Gasteiger partial charge on any atom is 0.409 e. The van der Waals surface area contributed by atoms with E-state index in [1.54, 1.807) is 4.90 Å². The van der Waals surface area contributed by atoms with Crippen molar-refractivity contribution in [1.82, 2.24) is 10.2 Å². The van der Waals surface area contributed by atoms with Crippen molar-refractivity contribution in [2.24, 2.45) is 0 Å². The maximum absolute atomic E-state index is 13.1. The molecule has 0 aliphatic heterocycles. The third-order valence-electron chi connectivity index (χ3n) is 5.93. The fourth-order valence-corrected chi connectivity index (χ4v) is 4.32. The first-order valence-electron chi connectivity index (χ1n) is 12.4. The van der Waals surface area contributed by atoms with Gasteiger partial charge in [-0.3, -0.25) is 0 Å². The standard InChI is InChI=1S/C28H38N2O4/c1-5-6-7-12-18-30(19-17-29-26(31)34-28(2,3)4)27(32)33-20-25-23-15-10-8-13-21(23)22-14-9-11-16-24(22)25/h8-11,13-16,25H,5-7,12,17-20H2,1-4H3,(H,29,31). The highest BCUT2D eigenvalue weighted by molar-refractivity contribution is 5.79. The number of carbonyl (C=O) groups excluding carboxylic acids is 2. The first-order valence-corrected chi connectivity index (χ1v) is 12.4. The highest BCUT2D eigenvalue weighted by Crippen LogP contribution is 2.44. The molecule has 0 saturated heterocycles. The molecule has 1 aliphatic rings. The molecule has 0 saturated carbocycles. The number of nitrogens with zero attached hydrogens (tertiary/aromatic N) is 1. The number of unbranched alkanes of at least 4 members (excludes halogenated alkanes) is 3. The smallest absolute Gasteiger partial charge is 0.409 e. The molecule has 0 aromatic heterocycles. The lowest BCUT2D eigenvalue weighted by Gasteiger charge is -2.24. The fraction of sp³-hybridized carbons (Fsp3) is 0.500. The van der Waals surface area contributed by atoms with E-state index in [1.807, 2.05) is 45.0 Å². The summed E-state index contributed by atoms with van der Waals surface area (Å²) in [6.45, 7) is 9.21. The van der Waals surface area contributed by atoms with Gasteiger partial charge in [-0.25, -0.2) is 9.59 Å². The summed E-state index contributed by atoms with van der Waals surface area (Å²) in [5.41, 5.74) is 4.24. The number of benzene rings is 2. The molecule has 0 bridgehead atoms. The largest absolute Gasteiger partial charge is 0.448 e. The number of carbonyl (C=O) groups is 2. The van der Waals surface area contributed by atoms with Crippen molar-refractivity contribution in [3.63, 3.8) is 0 Å². The first kappa shape index (κ1) is 25.6. The van der Waals surface area contributed by atoms with Gasteiger partial charge in [0.1, 0.15) is 12.2 Å². The molecule has 184 valence electrons. The zero-order valence-electron chi connectivity index (χ0n) is 20.9. The van der Waals surface area contributed by atoms with Crippen molar-refractivity contribution in [3.05, 3.63) is 59.7 Å². The topological polar surface area (TPSA) is 67.9 Å². The molecule has 3 rings (SSSR count). The summed E-state index contributed by atoms with van der Waals surface area (Å²) in [5.74, 6) is 0.0261. The Balaban J connectivity index is 1.60. The number of rotatable bonds is 10. The Bertz CT molecular complexity index is 921. The van der Waals surface area contributed by atoms with Crippen LogP contribution in [0.2, 0.25) is 0 Å². The lowest BCUT2D eigenvalue weighted by atomic mass is 9.98. The molecule has 6 nitrogen and oxygen atoms in total. The van der Waals surface area contributed by atoms with Crippen LogP contribution < -0.4 is 5.32 Å². The summed E-state index contributed by atoms with van der Waals surface area (Å²) in [6.07, 6.45) is 3.41. The van der Waals surface area contributed by atoms with Gasteiger partial charge in [-0.1, -0.05) is 74.7 Å². The van der Waals surface area contributed by atoms with E-state index in [-0.39, 0.29) is 18.6 Å². The van der Waals surface area contributed by atoms with Crippen LogP contribution in [0.4, 0.5) is 9.59 Å². The van der Waals surface area contributed by atoms with Crippen LogP contribution in [0.3, 0.4) is 0 Å². The third kappa shape index (κ3) is 6.99. The predicted octanol–water partition coefficient (Wildman–Crippen LogP) is 6.34. The van der Waals surface area contributed by atoms with Crippen LogP contribution in [0.15, 0.2) is 48.5 Å². The van der Waals surface area contributed by atoms with Crippen molar-refractivity contribution >= 4 is 12.2 Å². The summed E-state index contributed by atoms with van der Waals surface area (Å²) >= 11 is 0. The van der Waals surface area contributed by atoms with E-state index in [9.17, 15) is 9.59 Å². The molecule has 0 radical (unpaired) electrons. The molecule has 2 amide bonds. The Morgan fingerprint density at radius 1 is 0.912 bits per heavy atom. The van der Waals surface area contributed by atoms with Gasteiger partial charge in [0.15, 0.2) is 0 Å². The van der Waals surface area contributed by atoms with Gasteiger partial charge in [-0.15, -0.1) is 0 Å². The number of alkyl carbamates (subject to hydrolysis) is 1. The van der Waals surface area contributed by atoms with E-state index in [0.29, 0.717) is 19.6 Å². The number of ether oxygens (including phenoxy) is 2. The van der Waals surface area contributed by atoms with Crippen molar-refractivity contribution in [3.8, 4) is 11.1 Å². The second kappa shape index (κ2) is 11.9. The van der Waals surface area contributed by atoms with Crippen molar-refractivity contribution < 1.29 is 19.1 Å². The summed E-state index contributed by atoms with van der Waals surface area (Å²) in [6, 6.07) is 16.6. The highest BCUT2D eigenvalue weighted by Gasteiger charge is 2.29. The van der Waals surface area contributed by atoms with Crippen LogP contribution >= 0.6 is 0 Å². The van der Waals surface area contributed by atoms with Crippen molar-refractivity contribution in [2.45, 2.75) is 64.9 Å². The zero-order valence-corrected chi connectivity index (χ0v) is 20.9. The van der Waals surface area contributed by atoms with E-state index in [4.69, 9.17) is 9.47 Å². The second-order valence-corrected chi connectivity index (χ2v) is 9.78. The van der Waals surface area contributed by atoms with Crippen LogP contribution in [-0.4, -0.2) is 48.9 Å². The number of hydrogen-bond donors (Lipinski definition) is 1. The monoisotopic (exact) mass is 466 g/mol. The van der Waals surface area contributed by atoms with Gasteiger partial charge in [0.25, 0.3) is 0 Å². The van der Waals surface area contributed by atoms with Crippen LogP contribution in [-0.2, 0) is 9.47 Å². The molecule has 0 atom stereocenters. The Kier molecular flexibility index (Phi) is 8.97. The minimum Gasteiger partial charge on any atom is -0.448 e. The minimum atomic E-state index is -0.559. The van der Waals surface area contributed by atoms with Gasteiger partial charge >= 0.3 is 12.2 Å². The van der Waals surface area contributed by atoms with E-state index in [1.165, 1.54) is 22.3 Å². The summed E-state index contributed by atoms with van der Waals surface area (Å²) in [5, 5.41) is 2.74. The molecule has 0 unspecified atom stereocenters.